The number of carbonyl (C=O) groups excluding carboxylic acids is 2. The number of rotatable bonds is 13. The summed E-state index contributed by atoms with van der Waals surface area (Å²) >= 11 is 1.31. The molecule has 15 nitrogen and oxygen atoms in total. The average Bonchev–Trinajstić information content (AvgIpc) is 3.85. The lowest BCUT2D eigenvalue weighted by molar-refractivity contribution is -0.108. The number of aromatic nitrogens is 4. The zero-order valence-corrected chi connectivity index (χ0v) is 36.8. The van der Waals surface area contributed by atoms with E-state index in [1.54, 1.807) is 40.8 Å². The van der Waals surface area contributed by atoms with Gasteiger partial charge in [0.15, 0.2) is 5.82 Å². The third-order valence-electron chi connectivity index (χ3n) is 13.1. The summed E-state index contributed by atoms with van der Waals surface area (Å²) in [7, 11) is 3.68. The summed E-state index contributed by atoms with van der Waals surface area (Å²) < 4.78 is 46.0. The molecule has 5 aromatic rings. The minimum atomic E-state index is -0.599. The number of piperidine rings is 1. The van der Waals surface area contributed by atoms with E-state index in [0.717, 1.165) is 63.7 Å². The van der Waals surface area contributed by atoms with Gasteiger partial charge in [0.2, 0.25) is 6.41 Å². The van der Waals surface area contributed by atoms with Crippen molar-refractivity contribution in [2.45, 2.75) is 88.8 Å². The highest BCUT2D eigenvalue weighted by molar-refractivity contribution is 7.98. The molecule has 3 amide bonds. The van der Waals surface area contributed by atoms with Gasteiger partial charge in [-0.05, 0) is 112 Å². The number of nitriles is 1. The summed E-state index contributed by atoms with van der Waals surface area (Å²) in [6.45, 7) is 7.15. The van der Waals surface area contributed by atoms with Crippen molar-refractivity contribution >= 4 is 69.3 Å². The van der Waals surface area contributed by atoms with Gasteiger partial charge >= 0.3 is 6.03 Å². The number of carbonyl (C=O) groups is 2. The van der Waals surface area contributed by atoms with E-state index in [1.807, 2.05) is 31.3 Å². The van der Waals surface area contributed by atoms with Crippen LogP contribution in [0.2, 0.25) is 0 Å². The summed E-state index contributed by atoms with van der Waals surface area (Å²) in [5.74, 6) is -0.518. The lowest BCUT2D eigenvalue weighted by Gasteiger charge is -2.44. The molecule has 8 rings (SSSR count). The third kappa shape index (κ3) is 8.84. The molecule has 332 valence electrons. The van der Waals surface area contributed by atoms with E-state index in [-0.39, 0.29) is 40.2 Å². The Balaban J connectivity index is 0.895. The molecular formula is C45H53F2N11O4S. The first-order chi connectivity index (χ1) is 30.5. The Kier molecular flexibility index (Phi) is 13.0. The number of halogens is 2. The van der Waals surface area contributed by atoms with Gasteiger partial charge in [0, 0.05) is 62.5 Å². The maximum absolute atomic E-state index is 15.9. The number of aryl methyl sites for hydroxylation is 1. The number of amides is 3. The second kappa shape index (κ2) is 18.6. The molecule has 1 atom stereocenters. The van der Waals surface area contributed by atoms with E-state index in [2.05, 4.69) is 36.4 Å². The van der Waals surface area contributed by atoms with Crippen LogP contribution in [0.3, 0.4) is 0 Å². The van der Waals surface area contributed by atoms with Gasteiger partial charge in [0.05, 0.1) is 52.4 Å². The minimum Gasteiger partial charge on any atom is -0.373 e. The maximum atomic E-state index is 15.9. The van der Waals surface area contributed by atoms with Crippen LogP contribution < -0.4 is 25.8 Å². The van der Waals surface area contributed by atoms with Crippen molar-refractivity contribution in [1.82, 2.24) is 33.9 Å². The first kappa shape index (κ1) is 44.0. The second-order valence-electron chi connectivity index (χ2n) is 16.9. The van der Waals surface area contributed by atoms with E-state index < -0.39 is 11.8 Å². The van der Waals surface area contributed by atoms with Crippen molar-refractivity contribution in [2.24, 2.45) is 7.05 Å². The van der Waals surface area contributed by atoms with E-state index in [1.165, 1.54) is 35.2 Å². The summed E-state index contributed by atoms with van der Waals surface area (Å²) in [4.78, 5) is 46.2. The SMILES string of the molecule is CCCN(C(=O)NC=O)c1nn(C)c2cc(C3CCC(N4CCC5(CC4)CC(n4cnc6ccc(Nc7c(F)ccc(NSN(C)CC)c7C#N)cc6c4=O)CO5)CC3)c(F)cc12. The first-order valence-corrected chi connectivity index (χ1v) is 22.4. The average molecular weight is 882 g/mol. The zero-order valence-electron chi connectivity index (χ0n) is 36.0. The number of nitrogens with zero attached hydrogens (tertiary/aromatic N) is 8. The smallest absolute Gasteiger partial charge is 0.329 e. The molecule has 4 heterocycles. The van der Waals surface area contributed by atoms with Gasteiger partial charge in [-0.1, -0.05) is 13.8 Å². The largest absolute Gasteiger partial charge is 0.373 e. The monoisotopic (exact) mass is 881 g/mol. The molecule has 2 saturated heterocycles. The topological polar surface area (TPSA) is 166 Å². The van der Waals surface area contributed by atoms with Crippen molar-refractivity contribution in [2.75, 3.05) is 54.8 Å². The molecule has 3 N–H and O–H groups in total. The maximum Gasteiger partial charge on any atom is 0.329 e. The predicted octanol–water partition coefficient (Wildman–Crippen LogP) is 7.71. The third-order valence-corrected chi connectivity index (χ3v) is 14.0. The normalized spacial score (nSPS) is 20.0. The molecule has 1 spiro atoms. The van der Waals surface area contributed by atoms with Gasteiger partial charge in [0.25, 0.3) is 5.56 Å². The molecule has 63 heavy (non-hydrogen) atoms. The zero-order chi connectivity index (χ0) is 44.4. The number of hydrogen-bond donors (Lipinski definition) is 3. The Morgan fingerprint density at radius 1 is 1.06 bits per heavy atom. The van der Waals surface area contributed by atoms with Crippen LogP contribution in [-0.4, -0.2) is 92.5 Å². The van der Waals surface area contributed by atoms with Gasteiger partial charge in [-0.2, -0.15) is 10.4 Å². The fourth-order valence-corrected chi connectivity index (χ4v) is 10.1. The van der Waals surface area contributed by atoms with Crippen molar-refractivity contribution in [3.8, 4) is 6.07 Å². The van der Waals surface area contributed by atoms with E-state index in [4.69, 9.17) is 4.74 Å². The molecule has 0 bridgehead atoms. The van der Waals surface area contributed by atoms with Crippen LogP contribution >= 0.6 is 12.1 Å². The summed E-state index contributed by atoms with van der Waals surface area (Å²) in [6, 6.07) is 13.0. The summed E-state index contributed by atoms with van der Waals surface area (Å²) in [5, 5.41) is 20.7. The Labute approximate surface area is 369 Å². The van der Waals surface area contributed by atoms with Crippen molar-refractivity contribution in [3.63, 3.8) is 0 Å². The number of nitrogens with one attached hydrogen (secondary N) is 3. The van der Waals surface area contributed by atoms with Crippen LogP contribution in [0.4, 0.5) is 36.5 Å². The molecule has 3 fully saturated rings. The van der Waals surface area contributed by atoms with Crippen LogP contribution in [0, 0.1) is 23.0 Å². The van der Waals surface area contributed by atoms with Crippen molar-refractivity contribution < 1.29 is 23.1 Å². The lowest BCUT2D eigenvalue weighted by atomic mass is 9.79. The van der Waals surface area contributed by atoms with E-state index in [0.29, 0.717) is 77.5 Å². The molecule has 2 aliphatic heterocycles. The Bertz CT molecular complexity index is 2620. The molecule has 2 aromatic heterocycles. The Morgan fingerprint density at radius 2 is 1.84 bits per heavy atom. The molecular weight excluding hydrogens is 829 g/mol. The number of likely N-dealkylation sites (tertiary alicyclic amines) is 1. The van der Waals surface area contributed by atoms with E-state index in [9.17, 15) is 19.6 Å². The summed E-state index contributed by atoms with van der Waals surface area (Å²) in [5.41, 5.74) is 2.42. The molecule has 18 heteroatoms. The highest BCUT2D eigenvalue weighted by Crippen LogP contribution is 2.44. The second-order valence-corrected chi connectivity index (χ2v) is 17.9. The fourth-order valence-electron chi connectivity index (χ4n) is 9.55. The van der Waals surface area contributed by atoms with Gasteiger partial charge < -0.3 is 19.7 Å². The Morgan fingerprint density at radius 3 is 2.56 bits per heavy atom. The van der Waals surface area contributed by atoms with Crippen molar-refractivity contribution in [1.29, 1.82) is 5.26 Å². The summed E-state index contributed by atoms with van der Waals surface area (Å²) in [6.07, 6.45) is 8.54. The first-order valence-electron chi connectivity index (χ1n) is 21.7. The molecule has 1 saturated carbocycles. The van der Waals surface area contributed by atoms with Gasteiger partial charge in [-0.3, -0.25) is 29.1 Å². The lowest BCUT2D eigenvalue weighted by Crippen LogP contribution is -2.49. The van der Waals surface area contributed by atoms with Crippen LogP contribution in [0.5, 0.6) is 0 Å². The number of imide groups is 1. The van der Waals surface area contributed by atoms with Gasteiger partial charge in [-0.25, -0.2) is 22.9 Å². The number of anilines is 4. The highest BCUT2D eigenvalue weighted by Gasteiger charge is 2.45. The molecule has 1 aliphatic carbocycles. The molecule has 0 radical (unpaired) electrons. The molecule has 1 unspecified atom stereocenters. The molecule has 3 aliphatic rings. The minimum absolute atomic E-state index is 0.0175. The number of urea groups is 1. The van der Waals surface area contributed by atoms with Crippen LogP contribution in [-0.2, 0) is 16.6 Å². The fraction of sp³-hybridized carbons (Fsp3) is 0.467. The van der Waals surface area contributed by atoms with E-state index >= 15 is 8.78 Å². The molecule has 3 aromatic carbocycles. The predicted molar refractivity (Wildman–Crippen MR) is 241 cm³/mol. The number of hydrogen-bond acceptors (Lipinski definition) is 12. The van der Waals surface area contributed by atoms with Crippen LogP contribution in [0.1, 0.15) is 88.3 Å². The number of fused-ring (bicyclic) bond motifs is 2. The standard InChI is InChI=1S/C45H53F2N11O4S/c1-5-17-57(44(61)50-27-59)42-34-21-37(47)32(22-40(34)55(4)52-42)28-7-10-30(11-8-28)56-18-15-45(16-19-56)23-31(25-62-45)58-26-49-38-13-9-29(20-33(38)43(58)60)51-41-35(24-48)39(14-12-36(41)46)53-63-54(3)6-2/h9,12-14,20-22,26-28,30-31,51,53H,5-8,10-11,15-19,23,25H2,1-4H3,(H,50,59,61). The van der Waals surface area contributed by atoms with Crippen LogP contribution in [0.15, 0.2) is 53.6 Å². The number of ether oxygens (including phenoxy) is 1. The van der Waals surface area contributed by atoms with Crippen molar-refractivity contribution in [3.05, 3.63) is 81.9 Å². The number of benzene rings is 3. The van der Waals surface area contributed by atoms with Gasteiger partial charge in [-0.15, -0.1) is 0 Å². The Hall–Kier alpha value is -5.61. The quantitative estimate of drug-likeness (QED) is 0.0781. The van der Waals surface area contributed by atoms with Crippen LogP contribution in [0.25, 0.3) is 21.8 Å². The highest BCUT2D eigenvalue weighted by atomic mass is 32.2. The van der Waals surface area contributed by atoms with Gasteiger partial charge in [0.1, 0.15) is 23.3 Å².